The first kappa shape index (κ1) is 43.2. The molecule has 0 spiro atoms. The van der Waals surface area contributed by atoms with Crippen molar-refractivity contribution in [3.8, 4) is 0 Å². The number of hydrogen-bond donors (Lipinski definition) is 4. The molecule has 1 heterocycles. The van der Waals surface area contributed by atoms with Gasteiger partial charge in [-0.2, -0.15) is 0 Å². The monoisotopic (exact) mass is 799 g/mol. The molecule has 1 aliphatic heterocycles. The molecule has 4 aliphatic carbocycles. The molecule has 17 nitrogen and oxygen atoms in total. The van der Waals surface area contributed by atoms with E-state index in [-0.39, 0.29) is 54.7 Å². The van der Waals surface area contributed by atoms with Crippen LogP contribution in [0.3, 0.4) is 0 Å². The van der Waals surface area contributed by atoms with E-state index >= 15 is 0 Å². The van der Waals surface area contributed by atoms with E-state index in [4.69, 9.17) is 18.9 Å². The summed E-state index contributed by atoms with van der Waals surface area (Å²) < 4.78 is 20.0. The Labute approximate surface area is 330 Å². The van der Waals surface area contributed by atoms with Crippen molar-refractivity contribution in [1.29, 1.82) is 0 Å². The third kappa shape index (κ3) is 9.30. The number of hydrogen-bond acceptors (Lipinski definition) is 14. The van der Waals surface area contributed by atoms with Crippen LogP contribution in [0.15, 0.2) is 36.0 Å². The van der Waals surface area contributed by atoms with Gasteiger partial charge in [0.15, 0.2) is 12.4 Å². The van der Waals surface area contributed by atoms with Gasteiger partial charge in [-0.25, -0.2) is 4.79 Å². The molecule has 0 aromatic rings. The van der Waals surface area contributed by atoms with E-state index < -0.39 is 104 Å². The molecule has 17 heteroatoms. The van der Waals surface area contributed by atoms with Crippen LogP contribution >= 0.6 is 0 Å². The minimum Gasteiger partial charge on any atom is -0.458 e. The molecule has 5 aliphatic rings. The molecule has 3 amide bonds. The van der Waals surface area contributed by atoms with Crippen molar-refractivity contribution in [2.75, 3.05) is 33.5 Å². The fourth-order valence-corrected chi connectivity index (χ4v) is 9.67. The minimum atomic E-state index is -1.84. The number of Topliss-reactive ketones (excluding diaryl/α,β-unsaturated/α-hetero) is 1. The maximum absolute atomic E-state index is 13.5. The van der Waals surface area contributed by atoms with Crippen LogP contribution in [0.1, 0.15) is 78.6 Å². The van der Waals surface area contributed by atoms with Gasteiger partial charge in [-0.3, -0.25) is 33.6 Å². The molecular weight excluding hydrogens is 746 g/mol. The largest absolute Gasteiger partial charge is 0.458 e. The molecule has 0 aromatic carbocycles. The number of rotatable bonds is 15. The van der Waals surface area contributed by atoms with Crippen LogP contribution < -0.4 is 10.6 Å². The van der Waals surface area contributed by atoms with Gasteiger partial charge in [0.2, 0.25) is 24.4 Å². The van der Waals surface area contributed by atoms with Crippen LogP contribution in [0, 0.1) is 28.6 Å². The van der Waals surface area contributed by atoms with Gasteiger partial charge in [0.05, 0.1) is 31.4 Å². The molecule has 3 saturated carbocycles. The number of ketones is 2. The normalized spacial score (nSPS) is 32.6. The number of likely N-dealkylation sites (N-methyl/N-ethyl adjacent to an activating group) is 1. The first-order valence-electron chi connectivity index (χ1n) is 19.4. The van der Waals surface area contributed by atoms with E-state index in [9.17, 15) is 48.6 Å². The van der Waals surface area contributed by atoms with Crippen LogP contribution in [0.25, 0.3) is 0 Å². The van der Waals surface area contributed by atoms with Gasteiger partial charge in [-0.15, -0.1) is 0 Å². The van der Waals surface area contributed by atoms with Gasteiger partial charge >= 0.3 is 24.0 Å². The zero-order valence-corrected chi connectivity index (χ0v) is 32.8. The van der Waals surface area contributed by atoms with Crippen LogP contribution in [0.5, 0.6) is 0 Å². The second-order valence-corrected chi connectivity index (χ2v) is 16.1. The SMILES string of the molecule is C/C=C/C[C@H]1NC(=O)C[C@@H]1OC(=O)CN(C)C(=O)CNC(=O)OCOC(=O)CCC(=O)OCC(=O)[C@@]1(O)CCC2C3CCC4=CC(=O)C=C[C@]4(C)C3[C@@H](O)C[C@@]21C. The van der Waals surface area contributed by atoms with Crippen LogP contribution in [0.4, 0.5) is 4.79 Å². The highest BCUT2D eigenvalue weighted by atomic mass is 16.7. The Balaban J connectivity index is 0.975. The van der Waals surface area contributed by atoms with Crippen molar-refractivity contribution in [2.24, 2.45) is 28.6 Å². The van der Waals surface area contributed by atoms with Crippen molar-refractivity contribution in [3.05, 3.63) is 36.0 Å². The molecule has 4 fully saturated rings. The van der Waals surface area contributed by atoms with Crippen LogP contribution in [-0.4, -0.2) is 120 Å². The maximum atomic E-state index is 13.5. The summed E-state index contributed by atoms with van der Waals surface area (Å²) in [4.78, 5) is 99.7. The Hall–Kier alpha value is -4.90. The molecular formula is C40H53N3O14. The van der Waals surface area contributed by atoms with Crippen molar-refractivity contribution in [3.63, 3.8) is 0 Å². The Morgan fingerprint density at radius 2 is 1.75 bits per heavy atom. The Bertz CT molecular complexity index is 1740. The van der Waals surface area contributed by atoms with Gasteiger partial charge in [0, 0.05) is 23.8 Å². The summed E-state index contributed by atoms with van der Waals surface area (Å²) in [6, 6.07) is -0.371. The first-order valence-corrected chi connectivity index (χ1v) is 19.4. The average Bonchev–Trinajstić information content (AvgIpc) is 3.64. The number of allylic oxidation sites excluding steroid dienone is 5. The molecule has 3 unspecified atom stereocenters. The molecule has 0 radical (unpaired) electrons. The second-order valence-electron chi connectivity index (χ2n) is 16.1. The molecule has 0 bridgehead atoms. The van der Waals surface area contributed by atoms with E-state index in [1.165, 1.54) is 7.05 Å². The number of nitrogens with one attached hydrogen (secondary N) is 2. The molecule has 57 heavy (non-hydrogen) atoms. The van der Waals surface area contributed by atoms with E-state index in [0.717, 1.165) is 16.9 Å². The number of aliphatic hydroxyl groups excluding tert-OH is 1. The van der Waals surface area contributed by atoms with Gasteiger partial charge in [-0.05, 0) is 69.4 Å². The third-order valence-electron chi connectivity index (χ3n) is 12.7. The molecule has 9 atom stereocenters. The minimum absolute atomic E-state index is 0.00701. The number of carbonyl (C=O) groups is 8. The zero-order chi connectivity index (χ0) is 41.7. The van der Waals surface area contributed by atoms with Crippen LogP contribution in [-0.2, 0) is 52.5 Å². The quantitative estimate of drug-likeness (QED) is 0.0792. The van der Waals surface area contributed by atoms with Crippen molar-refractivity contribution < 1.29 is 67.5 Å². The number of carbonyl (C=O) groups excluding carboxylic acids is 8. The maximum Gasteiger partial charge on any atom is 0.410 e. The lowest BCUT2D eigenvalue weighted by atomic mass is 9.46. The summed E-state index contributed by atoms with van der Waals surface area (Å²) in [6.45, 7) is 3.14. The predicted octanol–water partition coefficient (Wildman–Crippen LogP) is 1.34. The smallest absolute Gasteiger partial charge is 0.410 e. The van der Waals surface area contributed by atoms with E-state index in [0.29, 0.717) is 19.3 Å². The van der Waals surface area contributed by atoms with Crippen molar-refractivity contribution in [1.82, 2.24) is 15.5 Å². The number of esters is 3. The standard InChI is InChI=1S/C40H53N3O14/c1-5-6-7-27-29(17-31(47)42-27)57-35(51)20-43(4)32(48)19-41-37(52)56-22-55-34(50)11-10-33(49)54-21-30(46)40(53)15-13-26-25-9-8-23-16-24(44)12-14-38(23,2)36(25)28(45)18-39(26,40)3/h5-6,12,14,16,25-29,36,45,53H,7-11,13,15,17-22H2,1-4H3,(H,41,52)(H,42,47)/b6-5+/t25?,26?,27-,28+,29+,36?,38+,39+,40+/m1/s1. The summed E-state index contributed by atoms with van der Waals surface area (Å²) in [7, 11) is 1.32. The molecule has 1 saturated heterocycles. The van der Waals surface area contributed by atoms with E-state index in [1.807, 2.05) is 39.0 Å². The average molecular weight is 800 g/mol. The highest BCUT2D eigenvalue weighted by molar-refractivity contribution is 6.01. The summed E-state index contributed by atoms with van der Waals surface area (Å²) in [5.41, 5.74) is -2.31. The lowest BCUT2D eigenvalue weighted by Gasteiger charge is -2.59. The summed E-state index contributed by atoms with van der Waals surface area (Å²) in [5, 5.41) is 28.3. The molecule has 0 aromatic heterocycles. The number of amides is 3. The number of nitrogens with zero attached hydrogens (tertiary/aromatic N) is 1. The third-order valence-corrected chi connectivity index (χ3v) is 12.7. The number of alkyl carbamates (subject to hydrolysis) is 1. The summed E-state index contributed by atoms with van der Waals surface area (Å²) in [6.07, 6.45) is 7.95. The van der Waals surface area contributed by atoms with Crippen molar-refractivity contribution >= 4 is 47.4 Å². The lowest BCUT2D eigenvalue weighted by molar-refractivity contribution is -0.181. The number of ether oxygens (including phenoxy) is 4. The predicted molar refractivity (Wildman–Crippen MR) is 197 cm³/mol. The number of aliphatic hydroxyl groups is 2. The Kier molecular flexibility index (Phi) is 13.4. The summed E-state index contributed by atoms with van der Waals surface area (Å²) in [5.74, 6) is -4.44. The van der Waals surface area contributed by atoms with Gasteiger partial charge in [0.25, 0.3) is 0 Å². The highest BCUT2D eigenvalue weighted by Gasteiger charge is 2.68. The highest BCUT2D eigenvalue weighted by Crippen LogP contribution is 2.67. The number of fused-ring (bicyclic) bond motifs is 5. The molecule has 4 N–H and O–H groups in total. The van der Waals surface area contributed by atoms with Crippen LogP contribution in [0.2, 0.25) is 0 Å². The first-order chi connectivity index (χ1) is 26.9. The van der Waals surface area contributed by atoms with Crippen molar-refractivity contribution in [2.45, 2.75) is 102 Å². The molecule has 312 valence electrons. The van der Waals surface area contributed by atoms with Gasteiger partial charge in [0.1, 0.15) is 24.8 Å². The fraction of sp³-hybridized carbons (Fsp3) is 0.650. The Morgan fingerprint density at radius 1 is 1.04 bits per heavy atom. The topological polar surface area (TPSA) is 241 Å². The molecule has 5 rings (SSSR count). The van der Waals surface area contributed by atoms with Gasteiger partial charge in [-0.1, -0.05) is 37.6 Å². The summed E-state index contributed by atoms with van der Waals surface area (Å²) >= 11 is 0. The van der Waals surface area contributed by atoms with Gasteiger partial charge < -0.3 is 44.7 Å². The zero-order valence-electron chi connectivity index (χ0n) is 32.8. The second kappa shape index (κ2) is 17.7. The van der Waals surface area contributed by atoms with E-state index in [1.54, 1.807) is 12.2 Å². The van der Waals surface area contributed by atoms with E-state index in [2.05, 4.69) is 10.6 Å². The lowest BCUT2D eigenvalue weighted by Crippen LogP contribution is -2.61. The Morgan fingerprint density at radius 3 is 2.47 bits per heavy atom. The fourth-order valence-electron chi connectivity index (χ4n) is 9.67.